The summed E-state index contributed by atoms with van der Waals surface area (Å²) in [5.41, 5.74) is 0.993. The first-order valence-electron chi connectivity index (χ1n) is 8.80. The van der Waals surface area contributed by atoms with E-state index in [2.05, 4.69) is 5.32 Å². The molecule has 2 aromatic rings. The van der Waals surface area contributed by atoms with Crippen LogP contribution in [0.3, 0.4) is 0 Å². The van der Waals surface area contributed by atoms with Crippen LogP contribution in [0, 0.1) is 0 Å². The predicted octanol–water partition coefficient (Wildman–Crippen LogP) is 2.01. The summed E-state index contributed by atoms with van der Waals surface area (Å²) in [4.78, 5) is 15.1. The molecule has 0 aromatic heterocycles. The van der Waals surface area contributed by atoms with Gasteiger partial charge < -0.3 is 24.4 Å². The van der Waals surface area contributed by atoms with E-state index in [0.29, 0.717) is 24.6 Å². The van der Waals surface area contributed by atoms with Crippen LogP contribution in [-0.2, 0) is 4.79 Å². The molecule has 6 nitrogen and oxygen atoms in total. The highest BCUT2D eigenvalue weighted by Gasteiger charge is 2.36. The maximum Gasteiger partial charge on any atom is 0.267 e. The van der Waals surface area contributed by atoms with Gasteiger partial charge in [-0.15, -0.1) is 0 Å². The van der Waals surface area contributed by atoms with Crippen LogP contribution in [0.25, 0.3) is 0 Å². The minimum atomic E-state index is -0.639. The van der Waals surface area contributed by atoms with Gasteiger partial charge in [-0.25, -0.2) is 0 Å². The average Bonchev–Trinajstić information content (AvgIpc) is 2.73. The molecule has 26 heavy (non-hydrogen) atoms. The standard InChI is InChI=1S/C20H22N2O4/c1-24-16-7-3-2-6-14(16)15-12-21-10-11-22(15)20(23)19-13-25-17-8-4-5-9-18(17)26-19/h2-9,15,19,21H,10-13H2,1H3. The number of hydrogen-bond donors (Lipinski definition) is 1. The van der Waals surface area contributed by atoms with Crippen LogP contribution in [0.1, 0.15) is 11.6 Å². The number of carbonyl (C=O) groups excluding carboxylic acids is 1. The third-order valence-corrected chi connectivity index (χ3v) is 4.81. The van der Waals surface area contributed by atoms with Crippen molar-refractivity contribution in [1.82, 2.24) is 10.2 Å². The summed E-state index contributed by atoms with van der Waals surface area (Å²) in [6, 6.07) is 15.1. The molecule has 2 aliphatic rings. The quantitative estimate of drug-likeness (QED) is 0.914. The zero-order valence-electron chi connectivity index (χ0n) is 14.7. The van der Waals surface area contributed by atoms with Crippen molar-refractivity contribution >= 4 is 5.91 Å². The van der Waals surface area contributed by atoms with Crippen molar-refractivity contribution < 1.29 is 19.0 Å². The van der Waals surface area contributed by atoms with E-state index in [1.807, 2.05) is 53.4 Å². The van der Waals surface area contributed by atoms with Crippen LogP contribution in [0.2, 0.25) is 0 Å². The largest absolute Gasteiger partial charge is 0.496 e. The zero-order valence-corrected chi connectivity index (χ0v) is 14.7. The van der Waals surface area contributed by atoms with Gasteiger partial charge in [0.2, 0.25) is 6.10 Å². The minimum absolute atomic E-state index is 0.0584. The van der Waals surface area contributed by atoms with E-state index in [4.69, 9.17) is 14.2 Å². The summed E-state index contributed by atoms with van der Waals surface area (Å²) in [6.07, 6.45) is -0.639. The number of amides is 1. The number of para-hydroxylation sites is 3. The van der Waals surface area contributed by atoms with Crippen molar-refractivity contribution in [2.24, 2.45) is 0 Å². The number of piperazine rings is 1. The Hall–Kier alpha value is -2.73. The molecule has 0 aliphatic carbocycles. The molecule has 1 amide bonds. The summed E-state index contributed by atoms with van der Waals surface area (Å²) in [5, 5.41) is 3.37. The lowest BCUT2D eigenvalue weighted by Gasteiger charge is -2.39. The van der Waals surface area contributed by atoms with E-state index in [9.17, 15) is 4.79 Å². The fourth-order valence-corrected chi connectivity index (χ4v) is 3.51. The molecule has 136 valence electrons. The number of ether oxygens (including phenoxy) is 3. The summed E-state index contributed by atoms with van der Waals surface area (Å²) >= 11 is 0. The lowest BCUT2D eigenvalue weighted by atomic mass is 10.0. The Morgan fingerprint density at radius 2 is 1.92 bits per heavy atom. The first-order valence-corrected chi connectivity index (χ1v) is 8.80. The fraction of sp³-hybridized carbons (Fsp3) is 0.350. The second-order valence-electron chi connectivity index (χ2n) is 6.36. The fourth-order valence-electron chi connectivity index (χ4n) is 3.51. The van der Waals surface area contributed by atoms with Gasteiger partial charge in [0.15, 0.2) is 11.5 Å². The molecule has 2 aromatic carbocycles. The maximum atomic E-state index is 13.2. The Bertz CT molecular complexity index is 795. The Kier molecular flexibility index (Phi) is 4.67. The molecule has 2 aliphatic heterocycles. The molecule has 0 saturated carbocycles. The van der Waals surface area contributed by atoms with Gasteiger partial charge >= 0.3 is 0 Å². The highest BCUT2D eigenvalue weighted by molar-refractivity contribution is 5.82. The Labute approximate surface area is 152 Å². The monoisotopic (exact) mass is 354 g/mol. The van der Waals surface area contributed by atoms with Crippen molar-refractivity contribution in [2.45, 2.75) is 12.1 Å². The maximum absolute atomic E-state index is 13.2. The number of benzene rings is 2. The highest BCUT2D eigenvalue weighted by Crippen LogP contribution is 2.34. The molecule has 1 saturated heterocycles. The Morgan fingerprint density at radius 3 is 2.77 bits per heavy atom. The van der Waals surface area contributed by atoms with Gasteiger partial charge in [-0.2, -0.15) is 0 Å². The second-order valence-corrected chi connectivity index (χ2v) is 6.36. The summed E-state index contributed by atoms with van der Waals surface area (Å²) in [7, 11) is 1.65. The Morgan fingerprint density at radius 1 is 1.15 bits per heavy atom. The topological polar surface area (TPSA) is 60.0 Å². The van der Waals surface area contributed by atoms with Crippen molar-refractivity contribution in [3.63, 3.8) is 0 Å². The van der Waals surface area contributed by atoms with Crippen molar-refractivity contribution in [3.8, 4) is 17.2 Å². The molecular weight excluding hydrogens is 332 g/mol. The van der Waals surface area contributed by atoms with Crippen LogP contribution < -0.4 is 19.5 Å². The Balaban J connectivity index is 1.58. The normalized spacial score (nSPS) is 22.0. The molecule has 4 rings (SSSR count). The highest BCUT2D eigenvalue weighted by atomic mass is 16.6. The van der Waals surface area contributed by atoms with Gasteiger partial charge in [0.05, 0.1) is 13.2 Å². The molecule has 1 fully saturated rings. The van der Waals surface area contributed by atoms with Crippen LogP contribution >= 0.6 is 0 Å². The van der Waals surface area contributed by atoms with Gasteiger partial charge in [0.1, 0.15) is 12.4 Å². The third kappa shape index (κ3) is 3.08. The predicted molar refractivity (Wildman–Crippen MR) is 96.7 cm³/mol. The molecule has 0 radical (unpaired) electrons. The van der Waals surface area contributed by atoms with Crippen molar-refractivity contribution in [3.05, 3.63) is 54.1 Å². The third-order valence-electron chi connectivity index (χ3n) is 4.81. The van der Waals surface area contributed by atoms with Crippen molar-refractivity contribution in [1.29, 1.82) is 0 Å². The van der Waals surface area contributed by atoms with E-state index >= 15 is 0 Å². The minimum Gasteiger partial charge on any atom is -0.496 e. The van der Waals surface area contributed by atoms with E-state index < -0.39 is 6.10 Å². The van der Waals surface area contributed by atoms with Crippen LogP contribution in [0.5, 0.6) is 17.2 Å². The molecule has 0 spiro atoms. The first kappa shape index (κ1) is 16.7. The molecule has 2 unspecified atom stereocenters. The molecule has 2 heterocycles. The number of carbonyl (C=O) groups is 1. The number of rotatable bonds is 3. The van der Waals surface area contributed by atoms with Gasteiger partial charge in [-0.1, -0.05) is 30.3 Å². The summed E-state index contributed by atoms with van der Waals surface area (Å²) in [6.45, 7) is 2.26. The molecule has 0 bridgehead atoms. The molecule has 6 heteroatoms. The zero-order chi connectivity index (χ0) is 17.9. The van der Waals surface area contributed by atoms with E-state index in [1.165, 1.54) is 0 Å². The van der Waals surface area contributed by atoms with Gasteiger partial charge in [-0.05, 0) is 18.2 Å². The van der Waals surface area contributed by atoms with Crippen molar-refractivity contribution in [2.75, 3.05) is 33.4 Å². The molecule has 2 atom stereocenters. The van der Waals surface area contributed by atoms with Crippen LogP contribution in [0.15, 0.2) is 48.5 Å². The summed E-state index contributed by atoms with van der Waals surface area (Å²) in [5.74, 6) is 2.02. The lowest BCUT2D eigenvalue weighted by Crippen LogP contribution is -2.54. The van der Waals surface area contributed by atoms with Crippen LogP contribution in [-0.4, -0.2) is 50.3 Å². The van der Waals surface area contributed by atoms with Gasteiger partial charge in [0.25, 0.3) is 5.91 Å². The number of nitrogens with one attached hydrogen (secondary N) is 1. The average molecular weight is 354 g/mol. The number of fused-ring (bicyclic) bond motifs is 1. The smallest absolute Gasteiger partial charge is 0.267 e. The van der Waals surface area contributed by atoms with Crippen LogP contribution in [0.4, 0.5) is 0 Å². The number of methoxy groups -OCH3 is 1. The van der Waals surface area contributed by atoms with E-state index in [-0.39, 0.29) is 18.6 Å². The molecular formula is C20H22N2O4. The SMILES string of the molecule is COc1ccccc1C1CNCCN1C(=O)C1COc2ccccc2O1. The first-order chi connectivity index (χ1) is 12.8. The van der Waals surface area contributed by atoms with Gasteiger partial charge in [0, 0.05) is 25.2 Å². The lowest BCUT2D eigenvalue weighted by molar-refractivity contribution is -0.144. The van der Waals surface area contributed by atoms with Gasteiger partial charge in [-0.3, -0.25) is 4.79 Å². The number of nitrogens with zero attached hydrogens (tertiary/aromatic N) is 1. The summed E-state index contributed by atoms with van der Waals surface area (Å²) < 4.78 is 17.1. The van der Waals surface area contributed by atoms with E-state index in [0.717, 1.165) is 17.9 Å². The number of hydrogen-bond acceptors (Lipinski definition) is 5. The van der Waals surface area contributed by atoms with E-state index in [1.54, 1.807) is 7.11 Å². The molecule has 1 N–H and O–H groups in total. The second kappa shape index (κ2) is 7.25.